The molecule has 3 aromatic carbocycles. The predicted octanol–water partition coefficient (Wildman–Crippen LogP) is 6.06. The van der Waals surface area contributed by atoms with E-state index in [1.54, 1.807) is 42.5 Å². The minimum absolute atomic E-state index is 0.0651. The Kier molecular flexibility index (Phi) is 7.29. The van der Waals surface area contributed by atoms with Crippen LogP contribution < -0.4 is 10.9 Å². The fourth-order valence-electron chi connectivity index (χ4n) is 3.20. The van der Waals surface area contributed by atoms with Crippen molar-refractivity contribution in [3.63, 3.8) is 0 Å². The molecule has 0 unspecified atom stereocenters. The first-order valence-corrected chi connectivity index (χ1v) is 12.1. The van der Waals surface area contributed by atoms with Crippen molar-refractivity contribution in [2.75, 3.05) is 5.75 Å². The number of nitrogens with zero attached hydrogens (tertiary/aromatic N) is 2. The highest BCUT2D eigenvalue weighted by Crippen LogP contribution is 2.25. The number of hydrogen-bond acceptors (Lipinski definition) is 4. The number of halogens is 3. The third-order valence-electron chi connectivity index (χ3n) is 4.98. The fraction of sp³-hybridized carbons (Fsp3) is 0.125. The van der Waals surface area contributed by atoms with E-state index in [1.807, 2.05) is 25.1 Å². The molecule has 1 heterocycles. The summed E-state index contributed by atoms with van der Waals surface area (Å²) in [6.07, 6.45) is 0. The van der Waals surface area contributed by atoms with Crippen molar-refractivity contribution in [1.82, 2.24) is 14.9 Å². The number of aromatic nitrogens is 2. The van der Waals surface area contributed by atoms with E-state index in [1.165, 1.54) is 16.3 Å². The van der Waals surface area contributed by atoms with Crippen LogP contribution >= 0.6 is 46.6 Å². The number of rotatable bonds is 6. The summed E-state index contributed by atoms with van der Waals surface area (Å²) < 4.78 is 1.49. The molecule has 0 atom stereocenters. The normalized spacial score (nSPS) is 11.0. The van der Waals surface area contributed by atoms with Gasteiger partial charge in [-0.15, -0.1) is 0 Å². The number of aryl methyl sites for hydroxylation is 1. The lowest BCUT2D eigenvalue weighted by Crippen LogP contribution is -2.26. The monoisotopic (exact) mass is 517 g/mol. The van der Waals surface area contributed by atoms with Gasteiger partial charge in [0, 0.05) is 21.6 Å². The van der Waals surface area contributed by atoms with Crippen LogP contribution in [-0.4, -0.2) is 21.2 Å². The predicted molar refractivity (Wildman–Crippen MR) is 136 cm³/mol. The molecule has 5 nitrogen and oxygen atoms in total. The topological polar surface area (TPSA) is 64.0 Å². The van der Waals surface area contributed by atoms with E-state index in [9.17, 15) is 9.59 Å². The van der Waals surface area contributed by atoms with Crippen molar-refractivity contribution in [1.29, 1.82) is 0 Å². The average molecular weight is 519 g/mol. The van der Waals surface area contributed by atoms with Crippen molar-refractivity contribution in [2.24, 2.45) is 0 Å². The molecule has 0 bridgehead atoms. The quantitative estimate of drug-likeness (QED) is 0.249. The number of nitrogens with one attached hydrogen (secondary N) is 1. The molecular weight excluding hydrogens is 501 g/mol. The Morgan fingerprint density at radius 3 is 2.58 bits per heavy atom. The minimum Gasteiger partial charge on any atom is -0.351 e. The zero-order chi connectivity index (χ0) is 23.5. The Balaban J connectivity index is 1.60. The van der Waals surface area contributed by atoms with Gasteiger partial charge in [0.25, 0.3) is 5.56 Å². The standard InChI is InChI=1S/C24H18Cl3N3O2S/c1-14-6-9-17(11-19(14)26)30-23(32)18-4-2-3-5-21(18)29-24(30)33-13-22(31)28-12-15-7-8-16(25)10-20(15)27/h2-11H,12-13H2,1H3,(H,28,31). The first-order valence-electron chi connectivity index (χ1n) is 9.95. The molecule has 0 spiro atoms. The van der Waals surface area contributed by atoms with Gasteiger partial charge in [0.05, 0.1) is 22.3 Å². The number of fused-ring (bicyclic) bond motifs is 1. The Bertz CT molecular complexity index is 1420. The maximum atomic E-state index is 13.3. The molecule has 1 N–H and O–H groups in total. The summed E-state index contributed by atoms with van der Waals surface area (Å²) in [7, 11) is 0. The van der Waals surface area contributed by atoms with Gasteiger partial charge in [-0.25, -0.2) is 4.98 Å². The van der Waals surface area contributed by atoms with Crippen LogP contribution in [0.25, 0.3) is 16.6 Å². The van der Waals surface area contributed by atoms with Crippen LogP contribution in [0.5, 0.6) is 0 Å². The van der Waals surface area contributed by atoms with E-state index in [2.05, 4.69) is 10.3 Å². The average Bonchev–Trinajstić information content (AvgIpc) is 2.79. The van der Waals surface area contributed by atoms with E-state index in [0.717, 1.165) is 11.1 Å². The Hall–Kier alpha value is -2.51. The highest BCUT2D eigenvalue weighted by Gasteiger charge is 2.15. The van der Waals surface area contributed by atoms with Gasteiger partial charge in [-0.2, -0.15) is 0 Å². The lowest BCUT2D eigenvalue weighted by atomic mass is 10.2. The van der Waals surface area contributed by atoms with Gasteiger partial charge in [0.15, 0.2) is 5.16 Å². The third-order valence-corrected chi connectivity index (χ3v) is 6.91. The van der Waals surface area contributed by atoms with Crippen LogP contribution in [0.15, 0.2) is 70.6 Å². The Morgan fingerprint density at radius 1 is 1.03 bits per heavy atom. The maximum absolute atomic E-state index is 13.3. The molecule has 0 aliphatic carbocycles. The maximum Gasteiger partial charge on any atom is 0.266 e. The molecule has 0 fully saturated rings. The van der Waals surface area contributed by atoms with Crippen LogP contribution in [0.4, 0.5) is 0 Å². The number of amides is 1. The largest absolute Gasteiger partial charge is 0.351 e. The number of para-hydroxylation sites is 1. The summed E-state index contributed by atoms with van der Waals surface area (Å²) in [6.45, 7) is 2.15. The van der Waals surface area contributed by atoms with Gasteiger partial charge >= 0.3 is 0 Å². The molecule has 0 aliphatic rings. The molecule has 4 aromatic rings. The Labute approximate surface area is 209 Å². The number of carbonyl (C=O) groups is 1. The fourth-order valence-corrected chi connectivity index (χ4v) is 4.69. The van der Waals surface area contributed by atoms with Crippen LogP contribution in [0.3, 0.4) is 0 Å². The van der Waals surface area contributed by atoms with Crippen LogP contribution in [-0.2, 0) is 11.3 Å². The SMILES string of the molecule is Cc1ccc(-n2c(SCC(=O)NCc3ccc(Cl)cc3Cl)nc3ccccc3c2=O)cc1Cl. The van der Waals surface area contributed by atoms with Crippen LogP contribution in [0.1, 0.15) is 11.1 Å². The van der Waals surface area contributed by atoms with Crippen molar-refractivity contribution in [3.8, 4) is 5.69 Å². The molecule has 0 saturated heterocycles. The molecule has 1 aromatic heterocycles. The first kappa shape index (κ1) is 23.6. The van der Waals surface area contributed by atoms with Gasteiger partial charge in [-0.1, -0.05) is 70.8 Å². The second kappa shape index (κ2) is 10.2. The molecular formula is C24H18Cl3N3O2S. The molecule has 1 amide bonds. The van der Waals surface area contributed by atoms with E-state index < -0.39 is 0 Å². The van der Waals surface area contributed by atoms with Crippen molar-refractivity contribution < 1.29 is 4.79 Å². The van der Waals surface area contributed by atoms with E-state index in [4.69, 9.17) is 34.8 Å². The second-order valence-corrected chi connectivity index (χ2v) is 9.48. The summed E-state index contributed by atoms with van der Waals surface area (Å²) >= 11 is 19.6. The van der Waals surface area contributed by atoms with Gasteiger partial charge in [0.1, 0.15) is 0 Å². The highest BCUT2D eigenvalue weighted by atomic mass is 35.5. The Morgan fingerprint density at radius 2 is 1.82 bits per heavy atom. The molecule has 0 saturated carbocycles. The third kappa shape index (κ3) is 5.36. The number of hydrogen-bond donors (Lipinski definition) is 1. The lowest BCUT2D eigenvalue weighted by Gasteiger charge is -2.14. The van der Waals surface area contributed by atoms with Crippen molar-refractivity contribution in [2.45, 2.75) is 18.6 Å². The molecule has 0 aliphatic heterocycles. The lowest BCUT2D eigenvalue weighted by molar-refractivity contribution is -0.118. The van der Waals surface area contributed by atoms with Gasteiger partial charge < -0.3 is 5.32 Å². The second-order valence-electron chi connectivity index (χ2n) is 7.29. The highest BCUT2D eigenvalue weighted by molar-refractivity contribution is 7.99. The summed E-state index contributed by atoms with van der Waals surface area (Å²) in [5, 5.41) is 5.28. The molecule has 33 heavy (non-hydrogen) atoms. The van der Waals surface area contributed by atoms with Crippen molar-refractivity contribution >= 4 is 63.4 Å². The number of benzene rings is 3. The van der Waals surface area contributed by atoms with E-state index >= 15 is 0 Å². The molecule has 4 rings (SSSR count). The summed E-state index contributed by atoms with van der Waals surface area (Å²) in [4.78, 5) is 30.5. The minimum atomic E-state index is -0.226. The summed E-state index contributed by atoms with van der Waals surface area (Å²) in [6, 6.07) is 17.6. The van der Waals surface area contributed by atoms with Crippen molar-refractivity contribution in [3.05, 3.63) is 97.2 Å². The van der Waals surface area contributed by atoms with E-state index in [-0.39, 0.29) is 23.8 Å². The summed E-state index contributed by atoms with van der Waals surface area (Å²) in [5.74, 6) is -0.155. The zero-order valence-electron chi connectivity index (χ0n) is 17.4. The molecule has 168 valence electrons. The first-order chi connectivity index (χ1) is 15.8. The number of carbonyl (C=O) groups excluding carboxylic acids is 1. The van der Waals surface area contributed by atoms with Gasteiger partial charge in [-0.05, 0) is 54.4 Å². The van der Waals surface area contributed by atoms with Gasteiger partial charge in [0.2, 0.25) is 5.91 Å². The van der Waals surface area contributed by atoms with Gasteiger partial charge in [-0.3, -0.25) is 14.2 Å². The smallest absolute Gasteiger partial charge is 0.266 e. The van der Waals surface area contributed by atoms with Crippen LogP contribution in [0, 0.1) is 6.92 Å². The van der Waals surface area contributed by atoms with Crippen LogP contribution in [0.2, 0.25) is 15.1 Å². The zero-order valence-corrected chi connectivity index (χ0v) is 20.5. The molecule has 9 heteroatoms. The molecule has 0 radical (unpaired) electrons. The van der Waals surface area contributed by atoms with E-state index in [0.29, 0.717) is 36.8 Å². The number of thioether (sulfide) groups is 1. The summed E-state index contributed by atoms with van der Waals surface area (Å²) in [5.41, 5.74) is 2.58.